The molecule has 0 spiro atoms. The van der Waals surface area contributed by atoms with Gasteiger partial charge in [-0.15, -0.1) is 0 Å². The van der Waals surface area contributed by atoms with Gasteiger partial charge in [0.25, 0.3) is 0 Å². The van der Waals surface area contributed by atoms with Crippen LogP contribution in [0.1, 0.15) is 35.4 Å². The van der Waals surface area contributed by atoms with Crippen molar-refractivity contribution in [2.45, 2.75) is 18.7 Å². The molecule has 0 amide bonds. The van der Waals surface area contributed by atoms with Crippen molar-refractivity contribution in [3.8, 4) is 11.5 Å². The third-order valence-electron chi connectivity index (χ3n) is 5.28. The van der Waals surface area contributed by atoms with Crippen LogP contribution in [0.2, 0.25) is 0 Å². The van der Waals surface area contributed by atoms with Crippen LogP contribution in [-0.2, 0) is 0 Å². The lowest BCUT2D eigenvalue weighted by Gasteiger charge is -2.38. The van der Waals surface area contributed by atoms with E-state index in [0.29, 0.717) is 0 Å². The quantitative estimate of drug-likeness (QED) is 0.529. The van der Waals surface area contributed by atoms with Crippen LogP contribution in [0.4, 0.5) is 0 Å². The lowest BCUT2D eigenvalue weighted by atomic mass is 9.96. The molecular formula is C23H19BrN2O2. The molecule has 0 N–H and O–H groups in total. The Balaban J connectivity index is 1.61. The van der Waals surface area contributed by atoms with Crippen molar-refractivity contribution in [1.29, 1.82) is 0 Å². The number of nitrogens with zero attached hydrogens (tertiary/aromatic N) is 2. The van der Waals surface area contributed by atoms with Gasteiger partial charge >= 0.3 is 0 Å². The van der Waals surface area contributed by atoms with Crippen molar-refractivity contribution in [2.75, 3.05) is 7.11 Å². The first-order chi connectivity index (χ1) is 13.7. The average molecular weight is 435 g/mol. The highest BCUT2D eigenvalue weighted by Crippen LogP contribution is 2.48. The van der Waals surface area contributed by atoms with Gasteiger partial charge in [-0.2, -0.15) is 5.10 Å². The molecule has 0 fully saturated rings. The summed E-state index contributed by atoms with van der Waals surface area (Å²) in [6.45, 7) is 0. The Labute approximate surface area is 172 Å². The van der Waals surface area contributed by atoms with E-state index in [-0.39, 0.29) is 12.3 Å². The van der Waals surface area contributed by atoms with Crippen LogP contribution in [0.25, 0.3) is 0 Å². The van der Waals surface area contributed by atoms with Crippen LogP contribution >= 0.6 is 15.9 Å². The average Bonchev–Trinajstić information content (AvgIpc) is 3.19. The zero-order valence-corrected chi connectivity index (χ0v) is 17.0. The van der Waals surface area contributed by atoms with E-state index in [2.05, 4.69) is 57.3 Å². The third-order valence-corrected chi connectivity index (χ3v) is 5.81. The zero-order chi connectivity index (χ0) is 19.1. The summed E-state index contributed by atoms with van der Waals surface area (Å²) < 4.78 is 13.1. The van der Waals surface area contributed by atoms with Crippen molar-refractivity contribution >= 4 is 21.6 Å². The lowest BCUT2D eigenvalue weighted by Crippen LogP contribution is -2.33. The van der Waals surface area contributed by atoms with Gasteiger partial charge in [0, 0.05) is 16.5 Å². The van der Waals surface area contributed by atoms with Gasteiger partial charge in [-0.05, 0) is 35.9 Å². The van der Waals surface area contributed by atoms with Gasteiger partial charge in [-0.25, -0.2) is 5.01 Å². The highest BCUT2D eigenvalue weighted by atomic mass is 79.9. The first kappa shape index (κ1) is 17.3. The molecule has 5 heteroatoms. The summed E-state index contributed by atoms with van der Waals surface area (Å²) >= 11 is 3.51. The van der Waals surface area contributed by atoms with E-state index in [4.69, 9.17) is 14.6 Å². The maximum absolute atomic E-state index is 6.41. The monoisotopic (exact) mass is 434 g/mol. The van der Waals surface area contributed by atoms with Gasteiger partial charge in [0.2, 0.25) is 6.23 Å². The predicted molar refractivity (Wildman–Crippen MR) is 113 cm³/mol. The van der Waals surface area contributed by atoms with Gasteiger partial charge in [0.05, 0.1) is 24.4 Å². The molecule has 3 aromatic rings. The lowest BCUT2D eigenvalue weighted by molar-refractivity contribution is -0.0203. The Morgan fingerprint density at radius 2 is 1.68 bits per heavy atom. The first-order valence-electron chi connectivity index (χ1n) is 9.25. The summed E-state index contributed by atoms with van der Waals surface area (Å²) in [5.74, 6) is 1.71. The minimum atomic E-state index is -0.330. The van der Waals surface area contributed by atoms with Gasteiger partial charge in [0.15, 0.2) is 0 Å². The topological polar surface area (TPSA) is 34.1 Å². The molecule has 0 bridgehead atoms. The molecule has 2 heterocycles. The maximum atomic E-state index is 6.41. The van der Waals surface area contributed by atoms with E-state index >= 15 is 0 Å². The summed E-state index contributed by atoms with van der Waals surface area (Å²) in [6.07, 6.45) is 0.511. The molecule has 2 aliphatic heterocycles. The number of para-hydroxylation sites is 2. The highest BCUT2D eigenvalue weighted by Gasteiger charge is 2.41. The Bertz CT molecular complexity index is 1050. The molecule has 4 nitrogen and oxygen atoms in total. The minimum absolute atomic E-state index is 0.138. The van der Waals surface area contributed by atoms with Crippen molar-refractivity contribution in [1.82, 2.24) is 5.01 Å². The fourth-order valence-electron chi connectivity index (χ4n) is 3.93. The molecule has 28 heavy (non-hydrogen) atoms. The van der Waals surface area contributed by atoms with Crippen molar-refractivity contribution in [3.63, 3.8) is 0 Å². The largest absolute Gasteiger partial charge is 0.496 e. The highest BCUT2D eigenvalue weighted by molar-refractivity contribution is 9.10. The van der Waals surface area contributed by atoms with E-state index in [1.807, 2.05) is 36.4 Å². The smallest absolute Gasteiger partial charge is 0.217 e. The SMILES string of the molecule is COc1ccccc1[C@H]1Oc2ccccc2[C@@H]2CC(c3ccc(Br)cc3)=NN12. The molecule has 0 radical (unpaired) electrons. The van der Waals surface area contributed by atoms with E-state index < -0.39 is 0 Å². The summed E-state index contributed by atoms with van der Waals surface area (Å²) in [5.41, 5.74) is 4.35. The van der Waals surface area contributed by atoms with Crippen LogP contribution in [0, 0.1) is 0 Å². The first-order valence-corrected chi connectivity index (χ1v) is 10.0. The second kappa shape index (κ2) is 6.99. The molecule has 2 aliphatic rings. The van der Waals surface area contributed by atoms with E-state index in [1.165, 1.54) is 5.56 Å². The second-order valence-corrected chi connectivity index (χ2v) is 7.82. The van der Waals surface area contributed by atoms with Gasteiger partial charge < -0.3 is 9.47 Å². The molecular weight excluding hydrogens is 416 g/mol. The number of hydrogen-bond acceptors (Lipinski definition) is 4. The molecule has 140 valence electrons. The standard InChI is InChI=1S/C23H19BrN2O2/c1-27-21-8-4-3-7-18(21)23-26-20(17-6-2-5-9-22(17)28-23)14-19(25-26)15-10-12-16(24)13-11-15/h2-13,20,23H,14H2,1H3/t20-,23+/m0/s1. The van der Waals surface area contributed by atoms with Crippen LogP contribution < -0.4 is 9.47 Å². The van der Waals surface area contributed by atoms with Crippen LogP contribution in [-0.4, -0.2) is 17.8 Å². The van der Waals surface area contributed by atoms with Crippen LogP contribution in [0.15, 0.2) is 82.4 Å². The van der Waals surface area contributed by atoms with Gasteiger partial charge in [0.1, 0.15) is 11.5 Å². The Kier molecular flexibility index (Phi) is 4.32. The molecule has 0 aromatic heterocycles. The van der Waals surface area contributed by atoms with E-state index in [0.717, 1.165) is 39.2 Å². The molecule has 0 saturated carbocycles. The van der Waals surface area contributed by atoms with Crippen molar-refractivity contribution < 1.29 is 9.47 Å². The number of rotatable bonds is 3. The molecule has 5 rings (SSSR count). The zero-order valence-electron chi connectivity index (χ0n) is 15.4. The van der Waals surface area contributed by atoms with Crippen molar-refractivity contribution in [2.24, 2.45) is 5.10 Å². The van der Waals surface area contributed by atoms with Gasteiger partial charge in [-0.1, -0.05) is 58.4 Å². The number of methoxy groups -OCH3 is 1. The molecule has 0 saturated heterocycles. The van der Waals surface area contributed by atoms with Gasteiger partial charge in [-0.3, -0.25) is 0 Å². The Hall–Kier alpha value is -2.79. The number of benzene rings is 3. The van der Waals surface area contributed by atoms with E-state index in [1.54, 1.807) is 7.11 Å². The Morgan fingerprint density at radius 3 is 2.46 bits per heavy atom. The van der Waals surface area contributed by atoms with E-state index in [9.17, 15) is 0 Å². The summed E-state index contributed by atoms with van der Waals surface area (Å²) in [6, 6.07) is 24.7. The number of ether oxygens (including phenoxy) is 2. The Morgan fingerprint density at radius 1 is 0.964 bits per heavy atom. The second-order valence-electron chi connectivity index (χ2n) is 6.90. The van der Waals surface area contributed by atoms with Crippen LogP contribution in [0.3, 0.4) is 0 Å². The maximum Gasteiger partial charge on any atom is 0.217 e. The summed E-state index contributed by atoms with van der Waals surface area (Å²) in [4.78, 5) is 0. The molecule has 2 atom stereocenters. The summed E-state index contributed by atoms with van der Waals surface area (Å²) in [7, 11) is 1.69. The molecule has 0 aliphatic carbocycles. The van der Waals surface area contributed by atoms with Crippen LogP contribution in [0.5, 0.6) is 11.5 Å². The van der Waals surface area contributed by atoms with Crippen molar-refractivity contribution in [3.05, 3.63) is 94.0 Å². The third kappa shape index (κ3) is 2.87. The molecule has 3 aromatic carbocycles. The normalized spacial score (nSPS) is 20.1. The summed E-state index contributed by atoms with van der Waals surface area (Å²) in [5, 5.41) is 7.08. The fraction of sp³-hybridized carbons (Fsp3) is 0.174. The minimum Gasteiger partial charge on any atom is -0.496 e. The number of hydrazone groups is 1. The predicted octanol–water partition coefficient (Wildman–Crippen LogP) is 5.70. The molecule has 0 unspecified atom stereocenters. The fourth-order valence-corrected chi connectivity index (χ4v) is 4.19. The number of halogens is 1. The number of fused-ring (bicyclic) bond motifs is 3. The number of hydrogen-bond donors (Lipinski definition) is 0.